The molecule has 20 heavy (non-hydrogen) atoms. The molecule has 0 radical (unpaired) electrons. The van der Waals surface area contributed by atoms with Crippen molar-refractivity contribution in [3.8, 4) is 0 Å². The molecule has 0 bridgehead atoms. The summed E-state index contributed by atoms with van der Waals surface area (Å²) in [5.41, 5.74) is 6.39. The second-order valence-electron chi connectivity index (χ2n) is 5.09. The number of rotatable bonds is 7. The van der Waals surface area contributed by atoms with Crippen molar-refractivity contribution in [2.75, 3.05) is 18.4 Å². The van der Waals surface area contributed by atoms with Crippen LogP contribution in [0.5, 0.6) is 0 Å². The van der Waals surface area contributed by atoms with Crippen LogP contribution in [0.4, 0.5) is 5.69 Å². The van der Waals surface area contributed by atoms with Gasteiger partial charge in [-0.25, -0.2) is 0 Å². The van der Waals surface area contributed by atoms with Crippen molar-refractivity contribution in [2.24, 2.45) is 11.7 Å². The van der Waals surface area contributed by atoms with E-state index in [-0.39, 0.29) is 11.8 Å². The van der Waals surface area contributed by atoms with Crippen LogP contribution in [0.3, 0.4) is 0 Å². The first-order chi connectivity index (χ1) is 9.54. The summed E-state index contributed by atoms with van der Waals surface area (Å²) in [6.45, 7) is 5.14. The molecule has 0 aromatic heterocycles. The quantitative estimate of drug-likeness (QED) is 0.710. The van der Waals surface area contributed by atoms with Crippen molar-refractivity contribution in [3.63, 3.8) is 0 Å². The Bertz CT molecular complexity index is 458. The zero-order valence-electron chi connectivity index (χ0n) is 12.1. The van der Waals surface area contributed by atoms with Gasteiger partial charge >= 0.3 is 0 Å². The average molecular weight is 277 g/mol. The van der Waals surface area contributed by atoms with Crippen LogP contribution in [0.25, 0.3) is 0 Å². The van der Waals surface area contributed by atoms with Crippen LogP contribution in [0.1, 0.15) is 37.0 Å². The molecule has 0 heterocycles. The summed E-state index contributed by atoms with van der Waals surface area (Å²) in [7, 11) is 0. The fraction of sp³-hybridized carbons (Fsp3) is 0.467. The largest absolute Gasteiger partial charge is 0.352 e. The minimum Gasteiger partial charge on any atom is -0.352 e. The summed E-state index contributed by atoms with van der Waals surface area (Å²) in [6.07, 6.45) is 0.992. The molecule has 0 atom stereocenters. The number of amides is 2. The number of hydrogen-bond donors (Lipinski definition) is 3. The molecular formula is C15H23N3O2. The summed E-state index contributed by atoms with van der Waals surface area (Å²) in [6, 6.07) is 7.00. The van der Waals surface area contributed by atoms with E-state index in [1.54, 1.807) is 24.3 Å². The van der Waals surface area contributed by atoms with E-state index in [1.165, 1.54) is 0 Å². The highest BCUT2D eigenvalue weighted by molar-refractivity contribution is 6.03. The fourth-order valence-electron chi connectivity index (χ4n) is 1.66. The van der Waals surface area contributed by atoms with Crippen LogP contribution in [-0.4, -0.2) is 24.9 Å². The van der Waals surface area contributed by atoms with E-state index in [9.17, 15) is 9.59 Å². The van der Waals surface area contributed by atoms with Crippen LogP contribution >= 0.6 is 0 Å². The Hall–Kier alpha value is -1.88. The maximum atomic E-state index is 12.1. The third kappa shape index (κ3) is 5.40. The van der Waals surface area contributed by atoms with Gasteiger partial charge in [0.05, 0.1) is 11.3 Å². The first-order valence-electron chi connectivity index (χ1n) is 6.91. The highest BCUT2D eigenvalue weighted by Gasteiger charge is 2.12. The van der Waals surface area contributed by atoms with Crippen LogP contribution in [0.2, 0.25) is 0 Å². The van der Waals surface area contributed by atoms with Crippen molar-refractivity contribution < 1.29 is 9.59 Å². The predicted octanol–water partition coefficient (Wildman–Crippen LogP) is 1.75. The molecule has 0 saturated heterocycles. The lowest BCUT2D eigenvalue weighted by molar-refractivity contribution is -0.116. The Morgan fingerprint density at radius 3 is 2.60 bits per heavy atom. The van der Waals surface area contributed by atoms with Crippen LogP contribution in [0.15, 0.2) is 24.3 Å². The number of carbonyl (C=O) groups excluding carboxylic acids is 2. The highest BCUT2D eigenvalue weighted by atomic mass is 16.2. The topological polar surface area (TPSA) is 84.2 Å². The molecule has 4 N–H and O–H groups in total. The number of benzene rings is 1. The minimum atomic E-state index is -0.173. The maximum absolute atomic E-state index is 12.1. The molecule has 0 saturated carbocycles. The predicted molar refractivity (Wildman–Crippen MR) is 80.5 cm³/mol. The lowest BCUT2D eigenvalue weighted by Gasteiger charge is -2.12. The molecule has 0 aliphatic heterocycles. The molecule has 0 spiro atoms. The second-order valence-corrected chi connectivity index (χ2v) is 5.09. The van der Waals surface area contributed by atoms with Gasteiger partial charge in [0.15, 0.2) is 0 Å². The molecule has 0 fully saturated rings. The Labute approximate surface area is 119 Å². The van der Waals surface area contributed by atoms with Crippen molar-refractivity contribution in [1.82, 2.24) is 5.32 Å². The Morgan fingerprint density at radius 1 is 1.25 bits per heavy atom. The third-order valence-electron chi connectivity index (χ3n) is 2.72. The van der Waals surface area contributed by atoms with Gasteiger partial charge in [-0.15, -0.1) is 0 Å². The molecule has 1 rings (SSSR count). The second kappa shape index (κ2) is 8.32. The lowest BCUT2D eigenvalue weighted by atomic mass is 10.1. The van der Waals surface area contributed by atoms with Gasteiger partial charge in [-0.2, -0.15) is 0 Å². The Morgan fingerprint density at radius 2 is 1.95 bits per heavy atom. The van der Waals surface area contributed by atoms with E-state index in [0.717, 1.165) is 0 Å². The molecule has 110 valence electrons. The summed E-state index contributed by atoms with van der Waals surface area (Å²) in [5, 5.41) is 5.60. The Balaban J connectivity index is 2.72. The number of anilines is 1. The zero-order valence-corrected chi connectivity index (χ0v) is 12.1. The number of para-hydroxylation sites is 1. The zero-order chi connectivity index (χ0) is 15.0. The first kappa shape index (κ1) is 16.2. The van der Waals surface area contributed by atoms with Gasteiger partial charge in [0.1, 0.15) is 0 Å². The molecule has 5 nitrogen and oxygen atoms in total. The SMILES string of the molecule is CC(C)CNC(=O)c1ccccc1NC(=O)CCCN. The van der Waals surface area contributed by atoms with Gasteiger partial charge < -0.3 is 16.4 Å². The van der Waals surface area contributed by atoms with Crippen molar-refractivity contribution in [1.29, 1.82) is 0 Å². The number of nitrogens with one attached hydrogen (secondary N) is 2. The van der Waals surface area contributed by atoms with E-state index in [4.69, 9.17) is 5.73 Å². The van der Waals surface area contributed by atoms with E-state index in [0.29, 0.717) is 43.1 Å². The molecule has 0 aliphatic carbocycles. The van der Waals surface area contributed by atoms with E-state index in [2.05, 4.69) is 10.6 Å². The maximum Gasteiger partial charge on any atom is 0.253 e. The molecule has 5 heteroatoms. The molecule has 0 unspecified atom stereocenters. The van der Waals surface area contributed by atoms with Crippen LogP contribution in [-0.2, 0) is 4.79 Å². The summed E-state index contributed by atoms with van der Waals surface area (Å²) >= 11 is 0. The molecule has 1 aromatic carbocycles. The van der Waals surface area contributed by atoms with Crippen molar-refractivity contribution in [3.05, 3.63) is 29.8 Å². The third-order valence-corrected chi connectivity index (χ3v) is 2.72. The number of hydrogen-bond acceptors (Lipinski definition) is 3. The monoisotopic (exact) mass is 277 g/mol. The molecule has 1 aromatic rings. The molecule has 2 amide bonds. The van der Waals surface area contributed by atoms with Gasteiger partial charge in [0, 0.05) is 13.0 Å². The molecular weight excluding hydrogens is 254 g/mol. The van der Waals surface area contributed by atoms with Crippen LogP contribution in [0, 0.1) is 5.92 Å². The van der Waals surface area contributed by atoms with Gasteiger partial charge in [0.2, 0.25) is 5.91 Å². The van der Waals surface area contributed by atoms with Gasteiger partial charge in [0.25, 0.3) is 5.91 Å². The standard InChI is InChI=1S/C15H23N3O2/c1-11(2)10-17-15(20)12-6-3-4-7-13(12)18-14(19)8-5-9-16/h3-4,6-7,11H,5,8-10,16H2,1-2H3,(H,17,20)(H,18,19). The van der Waals surface area contributed by atoms with Gasteiger partial charge in [-0.3, -0.25) is 9.59 Å². The Kier molecular flexibility index (Phi) is 6.73. The van der Waals surface area contributed by atoms with E-state index in [1.807, 2.05) is 13.8 Å². The van der Waals surface area contributed by atoms with E-state index >= 15 is 0 Å². The molecule has 0 aliphatic rings. The number of nitrogens with two attached hydrogens (primary N) is 1. The summed E-state index contributed by atoms with van der Waals surface area (Å²) < 4.78 is 0. The average Bonchev–Trinajstić information content (AvgIpc) is 2.43. The van der Waals surface area contributed by atoms with Gasteiger partial charge in [-0.05, 0) is 31.0 Å². The van der Waals surface area contributed by atoms with Crippen molar-refractivity contribution in [2.45, 2.75) is 26.7 Å². The number of carbonyl (C=O) groups is 2. The minimum absolute atomic E-state index is 0.125. The lowest BCUT2D eigenvalue weighted by Crippen LogP contribution is -2.28. The summed E-state index contributed by atoms with van der Waals surface area (Å²) in [5.74, 6) is 0.0817. The summed E-state index contributed by atoms with van der Waals surface area (Å²) in [4.78, 5) is 23.8. The van der Waals surface area contributed by atoms with E-state index < -0.39 is 0 Å². The normalized spacial score (nSPS) is 10.4. The smallest absolute Gasteiger partial charge is 0.253 e. The fourth-order valence-corrected chi connectivity index (χ4v) is 1.66. The highest BCUT2D eigenvalue weighted by Crippen LogP contribution is 2.15. The first-order valence-corrected chi connectivity index (χ1v) is 6.91. The van der Waals surface area contributed by atoms with Crippen LogP contribution < -0.4 is 16.4 Å². The van der Waals surface area contributed by atoms with Crippen molar-refractivity contribution >= 4 is 17.5 Å². The van der Waals surface area contributed by atoms with Gasteiger partial charge in [-0.1, -0.05) is 26.0 Å².